The molecule has 0 radical (unpaired) electrons. The number of hydrogen-bond donors (Lipinski definition) is 14. The molecular formula is C33H57NO23. The fourth-order valence-electron chi connectivity index (χ4n) is 6.78. The Morgan fingerprint density at radius 1 is 0.491 bits per heavy atom. The number of ketones is 1. The molecule has 0 aromatic rings. The minimum Gasteiger partial charge on any atom is -0.394 e. The van der Waals surface area contributed by atoms with Crippen LogP contribution in [0.2, 0.25) is 0 Å². The van der Waals surface area contributed by atoms with Gasteiger partial charge in [-0.1, -0.05) is 0 Å². The molecule has 4 aliphatic heterocycles. The Morgan fingerprint density at radius 3 is 1.28 bits per heavy atom. The lowest BCUT2D eigenvalue weighted by atomic mass is 9.95. The van der Waals surface area contributed by atoms with E-state index < -0.39 is 149 Å². The van der Waals surface area contributed by atoms with E-state index >= 15 is 0 Å². The highest BCUT2D eigenvalue weighted by molar-refractivity contribution is 5.76. The largest absolute Gasteiger partial charge is 0.394 e. The Kier molecular flexibility index (Phi) is 18.7. The van der Waals surface area contributed by atoms with Crippen molar-refractivity contribution in [1.29, 1.82) is 0 Å². The van der Waals surface area contributed by atoms with Crippen LogP contribution >= 0.6 is 0 Å². The Labute approximate surface area is 326 Å². The van der Waals surface area contributed by atoms with Crippen molar-refractivity contribution < 1.29 is 114 Å². The van der Waals surface area contributed by atoms with Gasteiger partial charge in [0.05, 0.1) is 33.0 Å². The van der Waals surface area contributed by atoms with Crippen molar-refractivity contribution >= 4 is 11.7 Å². The zero-order chi connectivity index (χ0) is 42.1. The van der Waals surface area contributed by atoms with Gasteiger partial charge in [0.2, 0.25) is 5.91 Å². The Hall–Kier alpha value is -1.70. The van der Waals surface area contributed by atoms with Gasteiger partial charge in [0.25, 0.3) is 0 Å². The summed E-state index contributed by atoms with van der Waals surface area (Å²) in [6.45, 7) is -2.14. The summed E-state index contributed by atoms with van der Waals surface area (Å²) >= 11 is 0. The second kappa shape index (κ2) is 22.2. The number of hydrogen-bond acceptors (Lipinski definition) is 23. The summed E-state index contributed by atoms with van der Waals surface area (Å²) in [5.74, 6) is -0.269. The second-order valence-electron chi connectivity index (χ2n) is 14.2. The summed E-state index contributed by atoms with van der Waals surface area (Å²) in [5, 5.41) is 138. The van der Waals surface area contributed by atoms with E-state index in [2.05, 4.69) is 5.32 Å². The highest BCUT2D eigenvalue weighted by atomic mass is 16.8. The molecule has 0 aliphatic carbocycles. The molecule has 24 nitrogen and oxygen atoms in total. The number of unbranched alkanes of at least 4 members (excludes halogenated alkanes) is 1. The third-order valence-electron chi connectivity index (χ3n) is 10.1. The molecule has 14 N–H and O–H groups in total. The summed E-state index contributed by atoms with van der Waals surface area (Å²) < 4.78 is 44.3. The predicted molar refractivity (Wildman–Crippen MR) is 180 cm³/mol. The summed E-state index contributed by atoms with van der Waals surface area (Å²) in [4.78, 5) is 23.0. The fourth-order valence-corrected chi connectivity index (χ4v) is 6.78. The van der Waals surface area contributed by atoms with Crippen LogP contribution < -0.4 is 5.32 Å². The minimum absolute atomic E-state index is 0.00274. The molecule has 8 unspecified atom stereocenters. The molecule has 57 heavy (non-hydrogen) atoms. The molecule has 0 saturated carbocycles. The van der Waals surface area contributed by atoms with E-state index in [1.54, 1.807) is 0 Å². The topological polar surface area (TPSA) is 383 Å². The molecule has 4 fully saturated rings. The smallest absolute Gasteiger partial charge is 0.220 e. The van der Waals surface area contributed by atoms with Gasteiger partial charge >= 0.3 is 0 Å². The molecule has 0 spiro atoms. The number of nitrogens with one attached hydrogen (secondary N) is 1. The van der Waals surface area contributed by atoms with Gasteiger partial charge in [0, 0.05) is 19.4 Å². The lowest BCUT2D eigenvalue weighted by Gasteiger charge is -2.49. The minimum atomic E-state index is -2.04. The quantitative estimate of drug-likeness (QED) is 0.0537. The van der Waals surface area contributed by atoms with Crippen LogP contribution in [0.25, 0.3) is 0 Å². The van der Waals surface area contributed by atoms with E-state index in [-0.39, 0.29) is 31.3 Å². The number of ether oxygens (including phenoxy) is 8. The van der Waals surface area contributed by atoms with E-state index in [0.717, 1.165) is 0 Å². The maximum atomic E-state index is 12.0. The van der Waals surface area contributed by atoms with Gasteiger partial charge in [-0.25, -0.2) is 0 Å². The van der Waals surface area contributed by atoms with E-state index in [1.807, 2.05) is 0 Å². The molecule has 4 aliphatic rings. The first kappa shape index (κ1) is 48.0. The third kappa shape index (κ3) is 11.8. The van der Waals surface area contributed by atoms with Crippen LogP contribution in [-0.2, 0) is 47.5 Å². The first-order valence-electron chi connectivity index (χ1n) is 18.6. The van der Waals surface area contributed by atoms with Gasteiger partial charge in [0.15, 0.2) is 25.2 Å². The first-order chi connectivity index (χ1) is 27.1. The number of amides is 1. The molecule has 0 aromatic heterocycles. The summed E-state index contributed by atoms with van der Waals surface area (Å²) in [6.07, 6.45) is -33.6. The number of aliphatic hydroxyl groups is 13. The highest BCUT2D eigenvalue weighted by Crippen LogP contribution is 2.34. The van der Waals surface area contributed by atoms with Crippen molar-refractivity contribution in [2.24, 2.45) is 0 Å². The molecule has 4 heterocycles. The lowest BCUT2D eigenvalue weighted by Crippen LogP contribution is -2.67. The molecule has 1 amide bonds. The Balaban J connectivity index is 1.32. The van der Waals surface area contributed by atoms with Crippen LogP contribution in [-0.4, -0.2) is 240 Å². The lowest BCUT2D eigenvalue weighted by molar-refractivity contribution is -0.388. The van der Waals surface area contributed by atoms with Crippen LogP contribution in [0.15, 0.2) is 0 Å². The van der Waals surface area contributed by atoms with Crippen LogP contribution in [0.1, 0.15) is 32.6 Å². The number of carbonyl (C=O) groups is 2. The predicted octanol–water partition coefficient (Wildman–Crippen LogP) is -8.46. The van der Waals surface area contributed by atoms with Gasteiger partial charge in [-0.15, -0.1) is 0 Å². The monoisotopic (exact) mass is 835 g/mol. The summed E-state index contributed by atoms with van der Waals surface area (Å²) in [6, 6.07) is 0. The van der Waals surface area contributed by atoms with Crippen molar-refractivity contribution in [2.75, 3.05) is 39.6 Å². The first-order valence-corrected chi connectivity index (χ1v) is 18.6. The fraction of sp³-hybridized carbons (Fsp3) is 0.939. The molecule has 0 aromatic carbocycles. The van der Waals surface area contributed by atoms with Crippen molar-refractivity contribution in [2.45, 2.75) is 155 Å². The average Bonchev–Trinajstić information content (AvgIpc) is 3.19. The van der Waals surface area contributed by atoms with Gasteiger partial charge in [0.1, 0.15) is 103 Å². The molecule has 332 valence electrons. The number of aliphatic hydroxyl groups excluding tert-OH is 13. The molecule has 0 bridgehead atoms. The van der Waals surface area contributed by atoms with Crippen molar-refractivity contribution in [3.05, 3.63) is 0 Å². The van der Waals surface area contributed by atoms with Gasteiger partial charge in [-0.3, -0.25) is 4.79 Å². The summed E-state index contributed by atoms with van der Waals surface area (Å²) in [7, 11) is 0. The average molecular weight is 836 g/mol. The van der Waals surface area contributed by atoms with Crippen molar-refractivity contribution in [1.82, 2.24) is 5.32 Å². The molecule has 24 heteroatoms. The third-order valence-corrected chi connectivity index (χ3v) is 10.1. The molecule has 20 atom stereocenters. The van der Waals surface area contributed by atoms with Crippen LogP contribution in [0.5, 0.6) is 0 Å². The SMILES string of the molecule is CC(=O)CCCCC(=O)NCCO[C@H]1OC(CO)[C@H](O[C@H]2OC(CO)[C@@H](O[C@@H]3OC(CO)[C@@H](O[C@@H]4OC(CO)[C@@H](O)[C@H](O)C4O)[C@H](O)C3O)[C@H](O)C2O)[C@H](O)C1O. The van der Waals surface area contributed by atoms with E-state index in [1.165, 1.54) is 6.92 Å². The number of carbonyl (C=O) groups excluding carboxylic acids is 2. The van der Waals surface area contributed by atoms with E-state index in [9.17, 15) is 76.0 Å². The zero-order valence-corrected chi connectivity index (χ0v) is 31.0. The molecular weight excluding hydrogens is 778 g/mol. The second-order valence-corrected chi connectivity index (χ2v) is 14.2. The van der Waals surface area contributed by atoms with Crippen molar-refractivity contribution in [3.8, 4) is 0 Å². The van der Waals surface area contributed by atoms with Gasteiger partial charge < -0.3 is 114 Å². The van der Waals surface area contributed by atoms with Gasteiger partial charge in [-0.2, -0.15) is 0 Å². The Bertz CT molecular complexity index is 1230. The number of rotatable bonds is 19. The maximum Gasteiger partial charge on any atom is 0.220 e. The maximum absolute atomic E-state index is 12.0. The van der Waals surface area contributed by atoms with Crippen LogP contribution in [0.3, 0.4) is 0 Å². The molecule has 4 saturated heterocycles. The number of Topliss-reactive ketones (excluding diaryl/α,β-unsaturated/α-hetero) is 1. The molecule has 4 rings (SSSR count). The standard InChI is InChI=1S/C33H57NO23/c1-12(39)4-2-3-5-17(40)34-6-7-50-30-24(47)20(43)27(14(9-36)52-30)56-32-26(49)22(45)29(16(11-38)54-32)57-33-25(48)21(44)28(15(10-37)53-33)55-31-23(46)19(42)18(41)13(8-35)51-31/h13-16,18-33,35-38,41-49H,2-11H2,1H3,(H,34,40)/t13?,14?,15?,16?,18-,19+,20-,21-,22-,23?,24?,25?,26?,27+,28-,29-,30+,31+,32-,33+/m1/s1. The highest BCUT2D eigenvalue weighted by Gasteiger charge is 2.55. The van der Waals surface area contributed by atoms with E-state index in [4.69, 9.17) is 37.9 Å². The van der Waals surface area contributed by atoms with E-state index in [0.29, 0.717) is 19.3 Å². The zero-order valence-electron chi connectivity index (χ0n) is 31.0. The summed E-state index contributed by atoms with van der Waals surface area (Å²) in [5.41, 5.74) is 0. The van der Waals surface area contributed by atoms with Crippen LogP contribution in [0, 0.1) is 0 Å². The Morgan fingerprint density at radius 2 is 0.860 bits per heavy atom. The normalized spacial score (nSPS) is 44.1. The van der Waals surface area contributed by atoms with Crippen LogP contribution in [0.4, 0.5) is 0 Å². The van der Waals surface area contributed by atoms with Gasteiger partial charge in [-0.05, 0) is 19.8 Å². The van der Waals surface area contributed by atoms with Crippen molar-refractivity contribution in [3.63, 3.8) is 0 Å².